The Labute approximate surface area is 179 Å². The molecule has 172 valence electrons. The van der Waals surface area contributed by atoms with Crippen molar-refractivity contribution in [3.63, 3.8) is 0 Å². The predicted octanol–water partition coefficient (Wildman–Crippen LogP) is 7.98. The minimum atomic E-state index is -0.887. The molecule has 2 N–H and O–H groups in total. The summed E-state index contributed by atoms with van der Waals surface area (Å²) < 4.78 is 0. The van der Waals surface area contributed by atoms with E-state index < -0.39 is 17.4 Å². The molecule has 0 aliphatic carbocycles. The van der Waals surface area contributed by atoms with Gasteiger partial charge in [-0.3, -0.25) is 9.59 Å². The van der Waals surface area contributed by atoms with Crippen LogP contribution in [0.2, 0.25) is 0 Å². The van der Waals surface area contributed by atoms with Crippen LogP contribution in [-0.4, -0.2) is 22.2 Å². The number of rotatable bonds is 22. The maximum atomic E-state index is 12.1. The Bertz CT molecular complexity index is 386. The Balaban J connectivity index is 4.34. The summed E-state index contributed by atoms with van der Waals surface area (Å²) in [6.07, 6.45) is 20.4. The fourth-order valence-electron chi connectivity index (χ4n) is 4.24. The molecule has 0 aromatic carbocycles. The van der Waals surface area contributed by atoms with Crippen LogP contribution in [-0.2, 0) is 9.59 Å². The van der Waals surface area contributed by atoms with Gasteiger partial charge in [0.15, 0.2) is 0 Å². The molecule has 0 fully saturated rings. The van der Waals surface area contributed by atoms with Crippen molar-refractivity contribution in [1.29, 1.82) is 0 Å². The lowest BCUT2D eigenvalue weighted by atomic mass is 9.74. The molecular weight excluding hydrogens is 364 g/mol. The topological polar surface area (TPSA) is 74.6 Å². The van der Waals surface area contributed by atoms with Crippen LogP contribution < -0.4 is 0 Å². The maximum Gasteiger partial charge on any atom is 0.309 e. The molecule has 0 aliphatic heterocycles. The fraction of sp³-hybridized carbons (Fsp3) is 0.920. The van der Waals surface area contributed by atoms with Crippen LogP contribution in [0.25, 0.3) is 0 Å². The number of unbranched alkanes of at least 4 members (excludes halogenated alkanes) is 14. The van der Waals surface area contributed by atoms with E-state index in [1.165, 1.54) is 64.2 Å². The Kier molecular flexibility index (Phi) is 18.2. The van der Waals surface area contributed by atoms with Gasteiger partial charge in [0, 0.05) is 6.42 Å². The third-order valence-electron chi connectivity index (χ3n) is 6.29. The van der Waals surface area contributed by atoms with Crippen molar-refractivity contribution in [2.75, 3.05) is 0 Å². The Morgan fingerprint density at radius 1 is 0.552 bits per heavy atom. The van der Waals surface area contributed by atoms with Crippen LogP contribution in [0.5, 0.6) is 0 Å². The SMILES string of the molecule is CCCCCCCCCCC(CCCCCCCCCC)(CCC(=O)O)C(=O)O. The zero-order valence-corrected chi connectivity index (χ0v) is 19.4. The summed E-state index contributed by atoms with van der Waals surface area (Å²) in [6, 6.07) is 0. The molecule has 4 nitrogen and oxygen atoms in total. The van der Waals surface area contributed by atoms with Crippen molar-refractivity contribution in [1.82, 2.24) is 0 Å². The number of aliphatic carboxylic acids is 2. The monoisotopic (exact) mass is 412 g/mol. The van der Waals surface area contributed by atoms with E-state index in [0.29, 0.717) is 12.8 Å². The second kappa shape index (κ2) is 18.9. The average Bonchev–Trinajstić information content (AvgIpc) is 2.69. The molecule has 0 aromatic heterocycles. The van der Waals surface area contributed by atoms with E-state index in [2.05, 4.69) is 13.8 Å². The number of carboxylic acids is 2. The van der Waals surface area contributed by atoms with E-state index in [1.54, 1.807) is 0 Å². The van der Waals surface area contributed by atoms with E-state index in [4.69, 9.17) is 5.11 Å². The van der Waals surface area contributed by atoms with Gasteiger partial charge in [-0.15, -0.1) is 0 Å². The molecule has 0 amide bonds. The van der Waals surface area contributed by atoms with Crippen molar-refractivity contribution in [2.45, 2.75) is 142 Å². The quantitative estimate of drug-likeness (QED) is 0.177. The smallest absolute Gasteiger partial charge is 0.309 e. The van der Waals surface area contributed by atoms with E-state index in [9.17, 15) is 14.7 Å². The first kappa shape index (κ1) is 27.9. The minimum Gasteiger partial charge on any atom is -0.481 e. The Morgan fingerprint density at radius 2 is 0.897 bits per heavy atom. The van der Waals surface area contributed by atoms with Gasteiger partial charge in [-0.05, 0) is 19.3 Å². The summed E-state index contributed by atoms with van der Waals surface area (Å²) in [5.41, 5.74) is -0.844. The molecule has 0 saturated heterocycles. The second-order valence-corrected chi connectivity index (χ2v) is 8.93. The zero-order chi connectivity index (χ0) is 21.8. The number of hydrogen-bond donors (Lipinski definition) is 2. The van der Waals surface area contributed by atoms with Crippen molar-refractivity contribution >= 4 is 11.9 Å². The third kappa shape index (κ3) is 15.4. The van der Waals surface area contributed by atoms with Crippen molar-refractivity contribution in [3.8, 4) is 0 Å². The molecule has 0 radical (unpaired) electrons. The number of carbonyl (C=O) groups is 2. The molecule has 0 spiro atoms. The molecule has 0 rings (SSSR count). The molecule has 0 aromatic rings. The fourth-order valence-corrected chi connectivity index (χ4v) is 4.24. The first-order valence-electron chi connectivity index (χ1n) is 12.4. The van der Waals surface area contributed by atoms with Gasteiger partial charge in [-0.25, -0.2) is 0 Å². The van der Waals surface area contributed by atoms with E-state index in [1.807, 2.05) is 0 Å². The predicted molar refractivity (Wildman–Crippen MR) is 121 cm³/mol. The van der Waals surface area contributed by atoms with Crippen LogP contribution in [0.4, 0.5) is 0 Å². The van der Waals surface area contributed by atoms with E-state index in [0.717, 1.165) is 38.5 Å². The average molecular weight is 413 g/mol. The summed E-state index contributed by atoms with van der Waals surface area (Å²) in [7, 11) is 0. The van der Waals surface area contributed by atoms with Crippen LogP contribution in [0.15, 0.2) is 0 Å². The molecule has 0 bridgehead atoms. The van der Waals surface area contributed by atoms with Crippen LogP contribution in [0.3, 0.4) is 0 Å². The van der Waals surface area contributed by atoms with Gasteiger partial charge in [0.25, 0.3) is 0 Å². The summed E-state index contributed by atoms with van der Waals surface area (Å²) in [5.74, 6) is -1.67. The lowest BCUT2D eigenvalue weighted by molar-refractivity contribution is -0.151. The van der Waals surface area contributed by atoms with Gasteiger partial charge in [0.2, 0.25) is 0 Å². The van der Waals surface area contributed by atoms with Crippen LogP contribution >= 0.6 is 0 Å². The highest BCUT2D eigenvalue weighted by Crippen LogP contribution is 2.37. The highest BCUT2D eigenvalue weighted by molar-refractivity contribution is 5.76. The van der Waals surface area contributed by atoms with Gasteiger partial charge < -0.3 is 10.2 Å². The van der Waals surface area contributed by atoms with Crippen molar-refractivity contribution in [3.05, 3.63) is 0 Å². The summed E-state index contributed by atoms with van der Waals surface area (Å²) >= 11 is 0. The third-order valence-corrected chi connectivity index (χ3v) is 6.29. The molecule has 0 unspecified atom stereocenters. The normalized spacial score (nSPS) is 11.7. The molecular formula is C25H48O4. The molecule has 0 aliphatic rings. The molecule has 0 heterocycles. The van der Waals surface area contributed by atoms with E-state index >= 15 is 0 Å². The summed E-state index contributed by atoms with van der Waals surface area (Å²) in [4.78, 5) is 23.2. The maximum absolute atomic E-state index is 12.1. The van der Waals surface area contributed by atoms with Crippen LogP contribution in [0.1, 0.15) is 142 Å². The standard InChI is InChI=1S/C25H48O4/c1-3-5-7-9-11-13-15-17-20-25(24(28)29,22-19-23(26)27)21-18-16-14-12-10-8-6-4-2/h3-22H2,1-2H3,(H,26,27)(H,28,29). The summed E-state index contributed by atoms with van der Waals surface area (Å²) in [6.45, 7) is 4.43. The Morgan fingerprint density at radius 3 is 1.21 bits per heavy atom. The lowest BCUT2D eigenvalue weighted by Crippen LogP contribution is -2.32. The van der Waals surface area contributed by atoms with Crippen molar-refractivity contribution < 1.29 is 19.8 Å². The molecule has 0 atom stereocenters. The molecule has 4 heteroatoms. The highest BCUT2D eigenvalue weighted by Gasteiger charge is 2.37. The lowest BCUT2D eigenvalue weighted by Gasteiger charge is -2.29. The van der Waals surface area contributed by atoms with Crippen LogP contribution in [0, 0.1) is 5.41 Å². The van der Waals surface area contributed by atoms with Gasteiger partial charge in [0.1, 0.15) is 0 Å². The van der Waals surface area contributed by atoms with E-state index in [-0.39, 0.29) is 12.8 Å². The zero-order valence-electron chi connectivity index (χ0n) is 19.4. The first-order chi connectivity index (χ1) is 14.0. The first-order valence-corrected chi connectivity index (χ1v) is 12.4. The van der Waals surface area contributed by atoms with Gasteiger partial charge >= 0.3 is 11.9 Å². The molecule has 29 heavy (non-hydrogen) atoms. The van der Waals surface area contributed by atoms with Gasteiger partial charge in [-0.1, -0.05) is 117 Å². The number of hydrogen-bond acceptors (Lipinski definition) is 2. The van der Waals surface area contributed by atoms with Gasteiger partial charge in [0.05, 0.1) is 5.41 Å². The Hall–Kier alpha value is -1.06. The van der Waals surface area contributed by atoms with Gasteiger partial charge in [-0.2, -0.15) is 0 Å². The summed E-state index contributed by atoms with van der Waals surface area (Å²) in [5, 5.41) is 19.0. The highest BCUT2D eigenvalue weighted by atomic mass is 16.4. The molecule has 0 saturated carbocycles. The second-order valence-electron chi connectivity index (χ2n) is 8.93. The minimum absolute atomic E-state index is 0.0413. The largest absolute Gasteiger partial charge is 0.481 e. The number of carboxylic acid groups (broad SMARTS) is 2. The van der Waals surface area contributed by atoms with Crippen molar-refractivity contribution in [2.24, 2.45) is 5.41 Å².